The predicted octanol–water partition coefficient (Wildman–Crippen LogP) is 4.68. The van der Waals surface area contributed by atoms with Crippen LogP contribution in [0.15, 0.2) is 34.9 Å². The van der Waals surface area contributed by atoms with Gasteiger partial charge in [-0.2, -0.15) is 31.6 Å². The number of thioether (sulfide) groups is 1. The summed E-state index contributed by atoms with van der Waals surface area (Å²) in [6.07, 6.45) is -7.53. The first kappa shape index (κ1) is 31.6. The van der Waals surface area contributed by atoms with Crippen molar-refractivity contribution in [2.45, 2.75) is 50.2 Å². The second-order valence-electron chi connectivity index (χ2n) is 9.60. The fourth-order valence-electron chi connectivity index (χ4n) is 4.62. The number of piperidine rings is 1. The molecule has 0 bridgehead atoms. The van der Waals surface area contributed by atoms with E-state index in [1.807, 2.05) is 29.2 Å². The molecular formula is C26H31F6N5O2S. The Morgan fingerprint density at radius 1 is 1.18 bits per heavy atom. The highest BCUT2D eigenvalue weighted by Crippen LogP contribution is 2.39. The Balaban J connectivity index is 1.52. The zero-order valence-corrected chi connectivity index (χ0v) is 22.7. The zero-order chi connectivity index (χ0) is 29.5. The quantitative estimate of drug-likeness (QED) is 0.233. The van der Waals surface area contributed by atoms with Crippen molar-refractivity contribution in [2.75, 3.05) is 44.6 Å². The van der Waals surface area contributed by atoms with E-state index in [2.05, 4.69) is 5.32 Å². The van der Waals surface area contributed by atoms with E-state index < -0.39 is 41.5 Å². The molecule has 220 valence electrons. The molecule has 2 aliphatic heterocycles. The minimum absolute atomic E-state index is 0.0425. The number of benzene rings is 1. The number of halogens is 6. The van der Waals surface area contributed by atoms with Gasteiger partial charge in [0.2, 0.25) is 5.91 Å². The predicted molar refractivity (Wildman–Crippen MR) is 139 cm³/mol. The molecule has 0 spiro atoms. The molecule has 0 aliphatic carbocycles. The van der Waals surface area contributed by atoms with Crippen LogP contribution in [0.3, 0.4) is 0 Å². The van der Waals surface area contributed by atoms with Crippen LogP contribution in [0.4, 0.5) is 32.0 Å². The van der Waals surface area contributed by atoms with Gasteiger partial charge < -0.3 is 20.4 Å². The molecule has 7 nitrogen and oxygen atoms in total. The largest absolute Gasteiger partial charge is 0.405 e. The first-order valence-electron chi connectivity index (χ1n) is 12.9. The Morgan fingerprint density at radius 3 is 2.48 bits per heavy atom. The number of alkyl halides is 6. The summed E-state index contributed by atoms with van der Waals surface area (Å²) in [5, 5.41) is 13.8. The third-order valence-electron chi connectivity index (χ3n) is 6.79. The molecule has 14 heteroatoms. The Hall–Kier alpha value is -2.92. The fraction of sp³-hybridized carbons (Fsp3) is 0.577. The van der Waals surface area contributed by atoms with Crippen LogP contribution in [-0.4, -0.2) is 78.5 Å². The van der Waals surface area contributed by atoms with Crippen molar-refractivity contribution < 1.29 is 35.9 Å². The van der Waals surface area contributed by atoms with Crippen molar-refractivity contribution in [3.8, 4) is 6.07 Å². The molecule has 2 N–H and O–H groups in total. The molecule has 1 aromatic carbocycles. The van der Waals surface area contributed by atoms with E-state index in [0.29, 0.717) is 39.0 Å². The van der Waals surface area contributed by atoms with E-state index in [4.69, 9.17) is 0 Å². The van der Waals surface area contributed by atoms with Gasteiger partial charge in [-0.1, -0.05) is 23.9 Å². The number of hydrogen-bond acceptors (Lipinski definition) is 6. The summed E-state index contributed by atoms with van der Waals surface area (Å²) in [7, 11) is 0. The maximum atomic E-state index is 12.9. The Kier molecular flexibility index (Phi) is 10.8. The van der Waals surface area contributed by atoms with Crippen LogP contribution in [0.2, 0.25) is 0 Å². The number of anilines is 1. The number of carbonyl (C=O) groups excluding carboxylic acids is 2. The van der Waals surface area contributed by atoms with Crippen LogP contribution < -0.4 is 10.6 Å². The van der Waals surface area contributed by atoms with E-state index in [1.165, 1.54) is 4.90 Å². The second-order valence-corrected chi connectivity index (χ2v) is 10.8. The monoisotopic (exact) mass is 591 g/mol. The Labute approximate surface area is 232 Å². The lowest BCUT2D eigenvalue weighted by Gasteiger charge is -2.32. The third-order valence-corrected chi connectivity index (χ3v) is 8.16. The van der Waals surface area contributed by atoms with Crippen LogP contribution in [0, 0.1) is 17.2 Å². The summed E-state index contributed by atoms with van der Waals surface area (Å²) < 4.78 is 76.1. The highest BCUT2D eigenvalue weighted by atomic mass is 32.2. The maximum Gasteiger partial charge on any atom is 0.405 e. The molecule has 0 saturated carbocycles. The van der Waals surface area contributed by atoms with Gasteiger partial charge in [-0.3, -0.25) is 9.59 Å². The summed E-state index contributed by atoms with van der Waals surface area (Å²) in [5.74, 6) is -2.74. The normalized spacial score (nSPS) is 20.4. The lowest BCUT2D eigenvalue weighted by atomic mass is 9.96. The fourth-order valence-corrected chi connectivity index (χ4v) is 5.95. The van der Waals surface area contributed by atoms with Crippen molar-refractivity contribution in [1.29, 1.82) is 5.26 Å². The molecule has 0 aromatic heterocycles. The van der Waals surface area contributed by atoms with Crippen molar-refractivity contribution in [1.82, 2.24) is 15.1 Å². The first-order chi connectivity index (χ1) is 18.8. The smallest absolute Gasteiger partial charge is 0.385 e. The standard InChI is InChI=1S/C26H31F6N5O2S/c1-2-37-23(39)21(40-24(37)20(15-33)22(38)35-16-25(27,28)29)6-10-34-19-5-3-4-17(14-19)7-11-36-12-8-18(9-13-36)26(30,31)32/h3-5,14,18,21,34H,2,6-13,16H2,1H3,(H,35,38)/b24-20-. The van der Waals surface area contributed by atoms with Gasteiger partial charge >= 0.3 is 12.4 Å². The number of amides is 2. The maximum absolute atomic E-state index is 12.9. The topological polar surface area (TPSA) is 88.5 Å². The van der Waals surface area contributed by atoms with Gasteiger partial charge in [-0.25, -0.2) is 0 Å². The number of rotatable bonds is 10. The van der Waals surface area contributed by atoms with Gasteiger partial charge in [-0.15, -0.1) is 0 Å². The molecule has 2 heterocycles. The molecule has 3 rings (SSSR count). The van der Waals surface area contributed by atoms with Gasteiger partial charge in [-0.05, 0) is 63.4 Å². The third kappa shape index (κ3) is 8.79. The minimum Gasteiger partial charge on any atom is -0.385 e. The van der Waals surface area contributed by atoms with Crippen molar-refractivity contribution in [3.05, 3.63) is 40.4 Å². The lowest BCUT2D eigenvalue weighted by Crippen LogP contribution is -2.39. The number of likely N-dealkylation sites (tertiary alicyclic amines) is 1. The van der Waals surface area contributed by atoms with E-state index in [1.54, 1.807) is 18.3 Å². The summed E-state index contributed by atoms with van der Waals surface area (Å²) in [4.78, 5) is 28.4. The molecule has 0 radical (unpaired) electrons. The van der Waals surface area contributed by atoms with Crippen molar-refractivity contribution in [3.63, 3.8) is 0 Å². The molecule has 2 aliphatic rings. The average Bonchev–Trinajstić information content (AvgIpc) is 3.21. The van der Waals surface area contributed by atoms with Gasteiger partial charge in [0.05, 0.1) is 11.2 Å². The van der Waals surface area contributed by atoms with Crippen LogP contribution >= 0.6 is 11.8 Å². The average molecular weight is 592 g/mol. The number of nitrogens with zero attached hydrogens (tertiary/aromatic N) is 3. The zero-order valence-electron chi connectivity index (χ0n) is 21.9. The Bertz CT molecular complexity index is 1130. The van der Waals surface area contributed by atoms with Gasteiger partial charge in [0.1, 0.15) is 23.2 Å². The second kappa shape index (κ2) is 13.6. The van der Waals surface area contributed by atoms with Crippen LogP contribution in [0.1, 0.15) is 31.7 Å². The molecule has 2 amide bonds. The van der Waals surface area contributed by atoms with E-state index >= 15 is 0 Å². The van der Waals surface area contributed by atoms with E-state index in [0.717, 1.165) is 23.0 Å². The number of nitriles is 1. The molecule has 2 fully saturated rings. The van der Waals surface area contributed by atoms with E-state index in [-0.39, 0.29) is 30.3 Å². The van der Waals surface area contributed by atoms with Crippen molar-refractivity contribution >= 4 is 29.3 Å². The molecule has 1 aromatic rings. The molecule has 1 atom stereocenters. The van der Waals surface area contributed by atoms with Crippen LogP contribution in [-0.2, 0) is 16.0 Å². The SMILES string of the molecule is CCN1C(=O)C(CCNc2cccc(CCN3CCC(C(F)(F)F)CC3)c2)S/C1=C(/C#N)C(=O)NCC(F)(F)F. The van der Waals surface area contributed by atoms with Crippen LogP contribution in [0.25, 0.3) is 0 Å². The highest BCUT2D eigenvalue weighted by molar-refractivity contribution is 8.04. The summed E-state index contributed by atoms with van der Waals surface area (Å²) >= 11 is 0.985. The number of carbonyl (C=O) groups is 2. The molecular weight excluding hydrogens is 560 g/mol. The summed E-state index contributed by atoms with van der Waals surface area (Å²) in [6, 6.07) is 9.23. The first-order valence-corrected chi connectivity index (χ1v) is 13.8. The van der Waals surface area contributed by atoms with Crippen LogP contribution in [0.5, 0.6) is 0 Å². The van der Waals surface area contributed by atoms with E-state index in [9.17, 15) is 41.2 Å². The highest BCUT2D eigenvalue weighted by Gasteiger charge is 2.41. The van der Waals surface area contributed by atoms with Gasteiger partial charge in [0, 0.05) is 25.3 Å². The molecule has 2 saturated heterocycles. The van der Waals surface area contributed by atoms with Gasteiger partial charge in [0.15, 0.2) is 0 Å². The number of hydrogen-bond donors (Lipinski definition) is 2. The van der Waals surface area contributed by atoms with Gasteiger partial charge in [0.25, 0.3) is 5.91 Å². The summed E-state index contributed by atoms with van der Waals surface area (Å²) in [5.41, 5.74) is 1.28. The lowest BCUT2D eigenvalue weighted by molar-refractivity contribution is -0.185. The Morgan fingerprint density at radius 2 is 1.88 bits per heavy atom. The molecule has 40 heavy (non-hydrogen) atoms. The minimum atomic E-state index is -4.64. The number of nitrogens with one attached hydrogen (secondary N) is 2. The summed E-state index contributed by atoms with van der Waals surface area (Å²) in [6.45, 7) is 2.07. The molecule has 1 unspecified atom stereocenters. The van der Waals surface area contributed by atoms with Crippen molar-refractivity contribution in [2.24, 2.45) is 5.92 Å².